The van der Waals surface area contributed by atoms with Gasteiger partial charge in [0.15, 0.2) is 6.61 Å². The molecule has 0 bridgehead atoms. The molecule has 1 saturated carbocycles. The Kier molecular flexibility index (Phi) is 8.35. The van der Waals surface area contributed by atoms with Crippen LogP contribution >= 0.6 is 11.3 Å². The first-order valence-electron chi connectivity index (χ1n) is 12.1. The second-order valence-electron chi connectivity index (χ2n) is 9.66. The highest BCUT2D eigenvalue weighted by atomic mass is 32.1. The van der Waals surface area contributed by atoms with Gasteiger partial charge < -0.3 is 14.8 Å². The number of fused-ring (bicyclic) bond motifs is 1. The Hall–Kier alpha value is -1.58. The van der Waals surface area contributed by atoms with Gasteiger partial charge in [-0.1, -0.05) is 16.9 Å². The number of alkyl halides is 2. The zero-order valence-corrected chi connectivity index (χ0v) is 20.2. The fraction of sp³-hybridized carbons (Fsp3) is 0.750. The summed E-state index contributed by atoms with van der Waals surface area (Å²) in [6, 6.07) is 0.284. The first kappa shape index (κ1) is 24.5. The molecule has 33 heavy (non-hydrogen) atoms. The molecule has 9 heteroatoms. The van der Waals surface area contributed by atoms with Crippen LogP contribution in [0, 0.1) is 5.92 Å². The summed E-state index contributed by atoms with van der Waals surface area (Å²) in [5.41, 5.74) is 2.17. The van der Waals surface area contributed by atoms with E-state index in [9.17, 15) is 13.6 Å². The number of ether oxygens (including phenoxy) is 2. The van der Waals surface area contributed by atoms with E-state index >= 15 is 0 Å². The van der Waals surface area contributed by atoms with Crippen LogP contribution in [0.25, 0.3) is 0 Å². The molecule has 3 heterocycles. The first-order chi connectivity index (χ1) is 15.8. The van der Waals surface area contributed by atoms with Gasteiger partial charge in [0.2, 0.25) is 5.91 Å². The van der Waals surface area contributed by atoms with Crippen LogP contribution < -0.4 is 10.1 Å². The number of halogens is 2. The van der Waals surface area contributed by atoms with Crippen LogP contribution in [0.4, 0.5) is 8.78 Å². The number of nitrogens with zero attached hydrogens (tertiary/aromatic N) is 2. The molecule has 1 amide bonds. The first-order valence-corrected chi connectivity index (χ1v) is 12.9. The minimum absolute atomic E-state index is 0.0498. The molecule has 0 atom stereocenters. The minimum Gasteiger partial charge on any atom is -0.464 e. The van der Waals surface area contributed by atoms with Crippen LogP contribution in [0.15, 0.2) is 11.6 Å². The van der Waals surface area contributed by atoms with Crippen molar-refractivity contribution in [3.05, 3.63) is 22.2 Å². The molecule has 4 rings (SSSR count). The lowest BCUT2D eigenvalue weighted by molar-refractivity contribution is -0.117. The number of aromatic nitrogens is 1. The van der Waals surface area contributed by atoms with Crippen LogP contribution in [0.2, 0.25) is 0 Å². The van der Waals surface area contributed by atoms with Crippen molar-refractivity contribution in [3.63, 3.8) is 0 Å². The number of nitrogens with one attached hydrogen (secondary N) is 1. The standard InChI is InChI=1S/C24H35F2N3O3S/c1-24(25,26)16-32-23-28-20-15-29(11-7-21(20)33-23)10-6-17-2-4-19(5-3-17)27-22(30)14-18-8-12-31-13-9-18/h14,17,19H,2-13,15-16H2,1H3,(H,27,30)/t17-,19-. The van der Waals surface area contributed by atoms with Gasteiger partial charge in [0.1, 0.15) is 0 Å². The predicted molar refractivity (Wildman–Crippen MR) is 124 cm³/mol. The molecular formula is C24H35F2N3O3S. The molecule has 2 fully saturated rings. The Bertz CT molecular complexity index is 823. The van der Waals surface area contributed by atoms with E-state index in [1.807, 2.05) is 0 Å². The van der Waals surface area contributed by atoms with Gasteiger partial charge >= 0.3 is 0 Å². The Morgan fingerprint density at radius 2 is 2.03 bits per heavy atom. The maximum atomic E-state index is 13.0. The zero-order valence-electron chi connectivity index (χ0n) is 19.4. The van der Waals surface area contributed by atoms with Crippen LogP contribution in [0.3, 0.4) is 0 Å². The summed E-state index contributed by atoms with van der Waals surface area (Å²) >= 11 is 1.40. The monoisotopic (exact) mass is 483 g/mol. The molecule has 1 aromatic heterocycles. The molecule has 1 N–H and O–H groups in total. The Morgan fingerprint density at radius 3 is 2.76 bits per heavy atom. The number of hydrogen-bond acceptors (Lipinski definition) is 6. The van der Waals surface area contributed by atoms with E-state index < -0.39 is 12.5 Å². The number of rotatable bonds is 8. The van der Waals surface area contributed by atoms with E-state index in [-0.39, 0.29) is 11.9 Å². The predicted octanol–water partition coefficient (Wildman–Crippen LogP) is 4.34. The quantitative estimate of drug-likeness (QED) is 0.558. The lowest BCUT2D eigenvalue weighted by Gasteiger charge is -2.31. The van der Waals surface area contributed by atoms with E-state index in [1.165, 1.54) is 16.9 Å². The lowest BCUT2D eigenvalue weighted by Crippen LogP contribution is -2.38. The molecule has 1 aromatic rings. The average molecular weight is 484 g/mol. The second-order valence-corrected chi connectivity index (χ2v) is 10.7. The van der Waals surface area contributed by atoms with Crippen molar-refractivity contribution in [1.82, 2.24) is 15.2 Å². The van der Waals surface area contributed by atoms with Gasteiger partial charge in [-0.25, -0.2) is 13.8 Å². The van der Waals surface area contributed by atoms with Crippen LogP contribution in [-0.2, 0) is 22.5 Å². The molecule has 0 spiro atoms. The third-order valence-electron chi connectivity index (χ3n) is 6.75. The van der Waals surface area contributed by atoms with Crippen molar-refractivity contribution >= 4 is 17.2 Å². The van der Waals surface area contributed by atoms with Gasteiger partial charge in [0.05, 0.1) is 18.9 Å². The molecule has 3 aliphatic rings. The molecule has 6 nitrogen and oxygen atoms in total. The summed E-state index contributed by atoms with van der Waals surface area (Å²) < 4.78 is 36.6. The van der Waals surface area contributed by atoms with E-state index in [1.54, 1.807) is 6.08 Å². The van der Waals surface area contributed by atoms with Gasteiger partial charge in [0.25, 0.3) is 11.1 Å². The topological polar surface area (TPSA) is 63.7 Å². The Balaban J connectivity index is 1.15. The van der Waals surface area contributed by atoms with Crippen LogP contribution in [0.1, 0.15) is 62.4 Å². The van der Waals surface area contributed by atoms with Crippen LogP contribution in [-0.4, -0.2) is 60.7 Å². The SMILES string of the molecule is CC(F)(F)COc1nc2c(s1)CCN(CC[C@H]1CC[C@H](NC(=O)C=C3CCOCC3)CC1)C2. The van der Waals surface area contributed by atoms with Crippen LogP contribution in [0.5, 0.6) is 5.19 Å². The largest absolute Gasteiger partial charge is 0.464 e. The van der Waals surface area contributed by atoms with Crippen molar-refractivity contribution in [1.29, 1.82) is 0 Å². The number of thiazole rings is 1. The van der Waals surface area contributed by atoms with Crippen molar-refractivity contribution in [2.45, 2.75) is 76.8 Å². The average Bonchev–Trinajstić information content (AvgIpc) is 3.20. The Labute approximate surface area is 198 Å². The number of amides is 1. The highest BCUT2D eigenvalue weighted by Gasteiger charge is 2.27. The van der Waals surface area contributed by atoms with E-state index in [0.717, 1.165) is 102 Å². The highest BCUT2D eigenvalue weighted by molar-refractivity contribution is 7.13. The van der Waals surface area contributed by atoms with Crippen molar-refractivity contribution in [3.8, 4) is 5.19 Å². The van der Waals surface area contributed by atoms with Crippen molar-refractivity contribution in [2.24, 2.45) is 5.92 Å². The van der Waals surface area contributed by atoms with Gasteiger partial charge in [0, 0.05) is 37.0 Å². The Morgan fingerprint density at radius 1 is 1.27 bits per heavy atom. The molecule has 2 aliphatic heterocycles. The van der Waals surface area contributed by atoms with Gasteiger partial charge in [-0.3, -0.25) is 9.69 Å². The fourth-order valence-corrected chi connectivity index (χ4v) is 5.74. The maximum absolute atomic E-state index is 13.0. The minimum atomic E-state index is -2.85. The van der Waals surface area contributed by atoms with Gasteiger partial charge in [-0.2, -0.15) is 0 Å². The summed E-state index contributed by atoms with van der Waals surface area (Å²) in [5.74, 6) is -2.11. The number of carbonyl (C=O) groups excluding carboxylic acids is 1. The van der Waals surface area contributed by atoms with E-state index in [2.05, 4.69) is 15.2 Å². The second kappa shape index (κ2) is 11.2. The molecule has 184 valence electrons. The summed E-state index contributed by atoms with van der Waals surface area (Å²) in [4.78, 5) is 20.3. The summed E-state index contributed by atoms with van der Waals surface area (Å²) in [5, 5.41) is 3.55. The highest BCUT2D eigenvalue weighted by Crippen LogP contribution is 2.32. The maximum Gasteiger partial charge on any atom is 0.278 e. The summed E-state index contributed by atoms with van der Waals surface area (Å²) in [6.07, 6.45) is 9.94. The molecule has 0 radical (unpaired) electrons. The number of carbonyl (C=O) groups is 1. The molecule has 1 saturated heterocycles. The van der Waals surface area contributed by atoms with Crippen molar-refractivity contribution < 1.29 is 23.0 Å². The summed E-state index contributed by atoms with van der Waals surface area (Å²) in [6.45, 7) is 4.44. The van der Waals surface area contributed by atoms with Gasteiger partial charge in [-0.15, -0.1) is 0 Å². The smallest absolute Gasteiger partial charge is 0.278 e. The van der Waals surface area contributed by atoms with Crippen molar-refractivity contribution in [2.75, 3.05) is 32.9 Å². The van der Waals surface area contributed by atoms with Gasteiger partial charge in [-0.05, 0) is 63.8 Å². The molecule has 0 unspecified atom stereocenters. The zero-order chi connectivity index (χ0) is 23.3. The molecule has 0 aromatic carbocycles. The fourth-order valence-electron chi connectivity index (χ4n) is 4.84. The molecule has 1 aliphatic carbocycles. The third kappa shape index (κ3) is 7.72. The van der Waals surface area contributed by atoms with E-state index in [0.29, 0.717) is 11.1 Å². The third-order valence-corrected chi connectivity index (χ3v) is 7.82. The normalized spacial score (nSPS) is 24.3. The molecular weight excluding hydrogens is 448 g/mol. The lowest BCUT2D eigenvalue weighted by atomic mass is 9.84. The van der Waals surface area contributed by atoms with E-state index in [4.69, 9.17) is 9.47 Å². The number of hydrogen-bond donors (Lipinski definition) is 1. The summed E-state index contributed by atoms with van der Waals surface area (Å²) in [7, 11) is 0.